The summed E-state index contributed by atoms with van der Waals surface area (Å²) < 4.78 is 0. The van der Waals surface area contributed by atoms with Gasteiger partial charge in [0, 0.05) is 25.0 Å². The normalized spacial score (nSPS) is 11.0. The predicted molar refractivity (Wildman–Crippen MR) is 93.1 cm³/mol. The van der Waals surface area contributed by atoms with Gasteiger partial charge in [-0.25, -0.2) is 0 Å². The molecule has 0 aliphatic heterocycles. The molecule has 0 radical (unpaired) electrons. The van der Waals surface area contributed by atoms with Crippen LogP contribution in [0.3, 0.4) is 0 Å². The van der Waals surface area contributed by atoms with E-state index < -0.39 is 0 Å². The van der Waals surface area contributed by atoms with Gasteiger partial charge in [0.25, 0.3) is 0 Å². The van der Waals surface area contributed by atoms with Crippen LogP contribution >= 0.6 is 0 Å². The molecule has 0 heterocycles. The molecular formula is C19H24N2. The zero-order valence-corrected chi connectivity index (χ0v) is 13.2. The molecule has 0 fully saturated rings. The highest BCUT2D eigenvalue weighted by Gasteiger charge is 2.00. The third-order valence-corrected chi connectivity index (χ3v) is 3.70. The quantitative estimate of drug-likeness (QED) is 0.691. The van der Waals surface area contributed by atoms with Crippen LogP contribution in [0.15, 0.2) is 53.5 Å². The van der Waals surface area contributed by atoms with Gasteiger partial charge in [0.15, 0.2) is 0 Å². The SMILES string of the molecule is CCc1cccc(N=Cc2ccc(N(CC)CC)cc2)c1. The smallest absolute Gasteiger partial charge is 0.0632 e. The minimum absolute atomic E-state index is 1.02. The summed E-state index contributed by atoms with van der Waals surface area (Å²) >= 11 is 0. The van der Waals surface area contributed by atoms with Crippen molar-refractivity contribution in [3.8, 4) is 0 Å². The lowest BCUT2D eigenvalue weighted by Gasteiger charge is -2.20. The highest BCUT2D eigenvalue weighted by atomic mass is 15.1. The molecule has 2 rings (SSSR count). The van der Waals surface area contributed by atoms with E-state index in [4.69, 9.17) is 0 Å². The fourth-order valence-electron chi connectivity index (χ4n) is 2.37. The first-order valence-electron chi connectivity index (χ1n) is 7.74. The Morgan fingerprint density at radius 2 is 1.67 bits per heavy atom. The van der Waals surface area contributed by atoms with Gasteiger partial charge >= 0.3 is 0 Å². The van der Waals surface area contributed by atoms with Crippen molar-refractivity contribution < 1.29 is 0 Å². The minimum Gasteiger partial charge on any atom is -0.372 e. The van der Waals surface area contributed by atoms with Crippen molar-refractivity contribution in [2.45, 2.75) is 27.2 Å². The van der Waals surface area contributed by atoms with Crippen LogP contribution in [0.2, 0.25) is 0 Å². The van der Waals surface area contributed by atoms with Crippen LogP contribution in [0.25, 0.3) is 0 Å². The predicted octanol–water partition coefficient (Wildman–Crippen LogP) is 4.85. The van der Waals surface area contributed by atoms with Gasteiger partial charge in [-0.3, -0.25) is 4.99 Å². The molecule has 0 aliphatic carbocycles. The average molecular weight is 280 g/mol. The molecule has 2 heteroatoms. The van der Waals surface area contributed by atoms with Gasteiger partial charge in [0.2, 0.25) is 0 Å². The Morgan fingerprint density at radius 1 is 0.952 bits per heavy atom. The number of nitrogens with zero attached hydrogens (tertiary/aromatic N) is 2. The number of rotatable bonds is 6. The van der Waals surface area contributed by atoms with Crippen molar-refractivity contribution in [3.05, 3.63) is 59.7 Å². The highest BCUT2D eigenvalue weighted by Crippen LogP contribution is 2.16. The monoisotopic (exact) mass is 280 g/mol. The van der Waals surface area contributed by atoms with Crippen LogP contribution in [0.1, 0.15) is 31.9 Å². The van der Waals surface area contributed by atoms with Crippen LogP contribution in [0.5, 0.6) is 0 Å². The van der Waals surface area contributed by atoms with Crippen LogP contribution in [0.4, 0.5) is 11.4 Å². The van der Waals surface area contributed by atoms with E-state index in [1.54, 1.807) is 0 Å². The fourth-order valence-corrected chi connectivity index (χ4v) is 2.37. The van der Waals surface area contributed by atoms with Gasteiger partial charge in [-0.2, -0.15) is 0 Å². The molecule has 0 amide bonds. The van der Waals surface area contributed by atoms with Gasteiger partial charge in [-0.05, 0) is 55.7 Å². The summed E-state index contributed by atoms with van der Waals surface area (Å²) in [5.74, 6) is 0. The highest BCUT2D eigenvalue weighted by molar-refractivity contribution is 5.82. The number of benzene rings is 2. The topological polar surface area (TPSA) is 15.6 Å². The lowest BCUT2D eigenvalue weighted by molar-refractivity contribution is 0.866. The van der Waals surface area contributed by atoms with E-state index in [9.17, 15) is 0 Å². The van der Waals surface area contributed by atoms with E-state index in [-0.39, 0.29) is 0 Å². The summed E-state index contributed by atoms with van der Waals surface area (Å²) in [6.45, 7) is 8.59. The summed E-state index contributed by atoms with van der Waals surface area (Å²) in [6, 6.07) is 17.0. The second kappa shape index (κ2) is 7.63. The van der Waals surface area contributed by atoms with Crippen molar-refractivity contribution >= 4 is 17.6 Å². The summed E-state index contributed by atoms with van der Waals surface area (Å²) in [4.78, 5) is 6.90. The lowest BCUT2D eigenvalue weighted by Crippen LogP contribution is -2.21. The number of hydrogen-bond acceptors (Lipinski definition) is 2. The van der Waals surface area contributed by atoms with E-state index in [0.29, 0.717) is 0 Å². The maximum Gasteiger partial charge on any atom is 0.0632 e. The maximum absolute atomic E-state index is 4.56. The van der Waals surface area contributed by atoms with Gasteiger partial charge < -0.3 is 4.90 Å². The van der Waals surface area contributed by atoms with Gasteiger partial charge in [-0.1, -0.05) is 31.2 Å². The van der Waals surface area contributed by atoms with Crippen LogP contribution < -0.4 is 4.90 Å². The maximum atomic E-state index is 4.56. The Hall–Kier alpha value is -2.09. The molecule has 110 valence electrons. The molecule has 0 unspecified atom stereocenters. The second-order valence-electron chi connectivity index (χ2n) is 5.05. The minimum atomic E-state index is 1.02. The van der Waals surface area contributed by atoms with Crippen LogP contribution in [-0.4, -0.2) is 19.3 Å². The summed E-state index contributed by atoms with van der Waals surface area (Å²) in [5, 5.41) is 0. The van der Waals surface area contributed by atoms with Gasteiger partial charge in [-0.15, -0.1) is 0 Å². The molecule has 2 nitrogen and oxygen atoms in total. The van der Waals surface area contributed by atoms with Gasteiger partial charge in [0.05, 0.1) is 5.69 Å². The van der Waals surface area contributed by atoms with E-state index in [2.05, 4.69) is 73.1 Å². The lowest BCUT2D eigenvalue weighted by atomic mass is 10.1. The summed E-state index contributed by atoms with van der Waals surface area (Å²) in [5.41, 5.74) is 4.74. The molecule has 0 atom stereocenters. The number of hydrogen-bond donors (Lipinski definition) is 0. The van der Waals surface area contributed by atoms with Crippen molar-refractivity contribution in [1.29, 1.82) is 0 Å². The molecule has 2 aromatic carbocycles. The molecule has 0 aromatic heterocycles. The molecule has 2 aromatic rings. The van der Waals surface area contributed by atoms with Gasteiger partial charge in [0.1, 0.15) is 0 Å². The van der Waals surface area contributed by atoms with E-state index in [1.165, 1.54) is 11.3 Å². The average Bonchev–Trinajstić information content (AvgIpc) is 2.55. The first-order valence-corrected chi connectivity index (χ1v) is 7.74. The van der Waals surface area contributed by atoms with E-state index in [1.807, 2.05) is 12.3 Å². The molecule has 0 bridgehead atoms. The van der Waals surface area contributed by atoms with E-state index >= 15 is 0 Å². The van der Waals surface area contributed by atoms with Crippen LogP contribution in [0, 0.1) is 0 Å². The molecule has 0 saturated carbocycles. The second-order valence-corrected chi connectivity index (χ2v) is 5.05. The van der Waals surface area contributed by atoms with Crippen molar-refractivity contribution in [2.24, 2.45) is 4.99 Å². The first-order chi connectivity index (χ1) is 10.3. The Kier molecular flexibility index (Phi) is 5.56. The van der Waals surface area contributed by atoms with Crippen molar-refractivity contribution in [3.63, 3.8) is 0 Å². The van der Waals surface area contributed by atoms with Crippen molar-refractivity contribution in [1.82, 2.24) is 0 Å². The number of anilines is 1. The Morgan fingerprint density at radius 3 is 2.29 bits per heavy atom. The number of aliphatic imine (C=N–C) groups is 1. The number of aryl methyl sites for hydroxylation is 1. The third kappa shape index (κ3) is 4.19. The third-order valence-electron chi connectivity index (χ3n) is 3.70. The molecule has 0 spiro atoms. The zero-order valence-electron chi connectivity index (χ0n) is 13.2. The Labute approximate surface area is 128 Å². The molecule has 0 aliphatic rings. The Bertz CT molecular complexity index is 581. The standard InChI is InChI=1S/C19H24N2/c1-4-16-8-7-9-18(14-16)20-15-17-10-12-19(13-11-17)21(5-2)6-3/h7-15H,4-6H2,1-3H3. The van der Waals surface area contributed by atoms with E-state index in [0.717, 1.165) is 30.8 Å². The Balaban J connectivity index is 2.10. The first kappa shape index (κ1) is 15.3. The fraction of sp³-hybridized carbons (Fsp3) is 0.316. The largest absolute Gasteiger partial charge is 0.372 e. The zero-order chi connectivity index (χ0) is 15.1. The molecule has 0 N–H and O–H groups in total. The summed E-state index contributed by atoms with van der Waals surface area (Å²) in [6.07, 6.45) is 2.97. The summed E-state index contributed by atoms with van der Waals surface area (Å²) in [7, 11) is 0. The molecule has 0 saturated heterocycles. The van der Waals surface area contributed by atoms with Crippen LogP contribution in [-0.2, 0) is 6.42 Å². The molecule has 21 heavy (non-hydrogen) atoms. The van der Waals surface area contributed by atoms with Crippen molar-refractivity contribution in [2.75, 3.05) is 18.0 Å². The molecular weight excluding hydrogens is 256 g/mol.